The summed E-state index contributed by atoms with van der Waals surface area (Å²) < 4.78 is 55.7. The lowest BCUT2D eigenvalue weighted by Gasteiger charge is -2.18. The molecule has 0 saturated carbocycles. The molecule has 3 heterocycles. The van der Waals surface area contributed by atoms with Crippen LogP contribution in [0.25, 0.3) is 0 Å². The zero-order valence-electron chi connectivity index (χ0n) is 21.9. The molecule has 12 heteroatoms. The Morgan fingerprint density at radius 3 is 2.33 bits per heavy atom. The number of nitrogens with zero attached hydrogens (tertiary/aromatic N) is 3. The van der Waals surface area contributed by atoms with Crippen LogP contribution in [0.3, 0.4) is 0 Å². The van der Waals surface area contributed by atoms with Crippen LogP contribution in [0.1, 0.15) is 44.3 Å². The maximum Gasteiger partial charge on any atom is 0.261 e. The molecule has 0 saturated heterocycles. The number of aliphatic imine (C=N–C) groups is 1. The van der Waals surface area contributed by atoms with E-state index in [0.717, 1.165) is 0 Å². The molecule has 0 fully saturated rings. The second-order valence-corrected chi connectivity index (χ2v) is 10.1. The molecule has 2 aliphatic heterocycles. The van der Waals surface area contributed by atoms with Crippen molar-refractivity contribution in [1.29, 1.82) is 0 Å². The topological polar surface area (TPSA) is 97.9 Å². The molecule has 0 spiro atoms. The summed E-state index contributed by atoms with van der Waals surface area (Å²) in [6.45, 7) is 2.31. The van der Waals surface area contributed by atoms with E-state index in [4.69, 9.17) is 0 Å². The number of anilines is 1. The highest BCUT2D eigenvalue weighted by atomic mass is 19.2. The molecule has 2 amide bonds. The summed E-state index contributed by atoms with van der Waals surface area (Å²) in [7, 11) is 3.69. The predicted octanol–water partition coefficient (Wildman–Crippen LogP) is 3.81. The molecule has 0 radical (unpaired) electrons. The fourth-order valence-corrected chi connectivity index (χ4v) is 4.94. The van der Waals surface area contributed by atoms with Gasteiger partial charge in [-0.05, 0) is 51.2 Å². The van der Waals surface area contributed by atoms with Crippen molar-refractivity contribution in [1.82, 2.24) is 14.8 Å². The predicted molar refractivity (Wildman–Crippen MR) is 140 cm³/mol. The monoisotopic (exact) mass is 555 g/mol. The standard InChI is InChI=1S/C28H25F4N5O3/c1-13(8-17-24(31)18(29)12-19(30)25(17)32)34-20-4-5-33-26(38)23(20)22-10-14-9-15-16(11-21(14)35-22)28(40)37(27(15)39)7-6-36(2)3/h4-5,9,11-13H,6-8,10H2,1-3H3,(H2,33,34,38)/t13-/m0/s1. The number of hydrogen-bond donors (Lipinski definition) is 2. The summed E-state index contributed by atoms with van der Waals surface area (Å²) in [6, 6.07) is 4.10. The molecule has 208 valence electrons. The zero-order valence-corrected chi connectivity index (χ0v) is 21.9. The number of likely N-dealkylation sites (N-methyl/N-ethyl adjacent to an activating group) is 1. The van der Waals surface area contributed by atoms with Gasteiger partial charge in [-0.25, -0.2) is 17.6 Å². The summed E-state index contributed by atoms with van der Waals surface area (Å²) >= 11 is 0. The van der Waals surface area contributed by atoms with E-state index in [2.05, 4.69) is 15.3 Å². The maximum atomic E-state index is 14.2. The molecule has 8 nitrogen and oxygen atoms in total. The average Bonchev–Trinajstić information content (AvgIpc) is 3.40. The van der Waals surface area contributed by atoms with E-state index < -0.39 is 52.8 Å². The van der Waals surface area contributed by atoms with E-state index in [0.29, 0.717) is 23.5 Å². The minimum atomic E-state index is -1.50. The molecule has 0 unspecified atom stereocenters. The van der Waals surface area contributed by atoms with E-state index in [1.807, 2.05) is 19.0 Å². The summed E-state index contributed by atoms with van der Waals surface area (Å²) in [5.74, 6) is -6.75. The lowest BCUT2D eigenvalue weighted by atomic mass is 9.99. The SMILES string of the molecule is C[C@@H](Cc1c(F)c(F)cc(F)c1F)Nc1cc[nH]c(=O)c1C1=Nc2cc3c(cc2C1)C(=O)N(CCN(C)C)C3=O. The second kappa shape index (κ2) is 10.3. The fourth-order valence-electron chi connectivity index (χ4n) is 4.94. The van der Waals surface area contributed by atoms with Gasteiger partial charge in [0, 0.05) is 43.4 Å². The number of nitrogens with one attached hydrogen (secondary N) is 2. The Morgan fingerprint density at radius 1 is 1.02 bits per heavy atom. The average molecular weight is 556 g/mol. The molecular formula is C28H25F4N5O3. The van der Waals surface area contributed by atoms with Crippen LogP contribution in [0.15, 0.2) is 40.2 Å². The number of aromatic nitrogens is 1. The molecule has 5 rings (SSSR count). The van der Waals surface area contributed by atoms with Gasteiger partial charge in [-0.3, -0.25) is 24.3 Å². The molecule has 1 aromatic heterocycles. The smallest absolute Gasteiger partial charge is 0.261 e. The Kier molecular flexibility index (Phi) is 7.05. The van der Waals surface area contributed by atoms with Gasteiger partial charge in [0.15, 0.2) is 23.3 Å². The van der Waals surface area contributed by atoms with Crippen molar-refractivity contribution >= 4 is 28.9 Å². The minimum Gasteiger partial charge on any atom is -0.382 e. The number of imide groups is 1. The first-order chi connectivity index (χ1) is 19.0. The molecule has 2 aromatic carbocycles. The highest BCUT2D eigenvalue weighted by molar-refractivity contribution is 6.22. The highest BCUT2D eigenvalue weighted by Crippen LogP contribution is 2.36. The van der Waals surface area contributed by atoms with Crippen molar-refractivity contribution in [3.63, 3.8) is 0 Å². The molecule has 40 heavy (non-hydrogen) atoms. The minimum absolute atomic E-state index is 0.148. The van der Waals surface area contributed by atoms with Gasteiger partial charge in [0.25, 0.3) is 17.4 Å². The van der Waals surface area contributed by atoms with Gasteiger partial charge in [0.2, 0.25) is 0 Å². The van der Waals surface area contributed by atoms with Crippen LogP contribution in [0, 0.1) is 23.3 Å². The molecule has 0 aliphatic carbocycles. The number of fused-ring (bicyclic) bond motifs is 2. The van der Waals surface area contributed by atoms with Gasteiger partial charge in [0.1, 0.15) is 0 Å². The van der Waals surface area contributed by atoms with Crippen molar-refractivity contribution < 1.29 is 27.2 Å². The quantitative estimate of drug-likeness (QED) is 0.250. The van der Waals surface area contributed by atoms with E-state index >= 15 is 0 Å². The molecular weight excluding hydrogens is 530 g/mol. The highest BCUT2D eigenvalue weighted by Gasteiger charge is 2.37. The van der Waals surface area contributed by atoms with Crippen LogP contribution in [0.5, 0.6) is 0 Å². The van der Waals surface area contributed by atoms with E-state index in [9.17, 15) is 31.9 Å². The van der Waals surface area contributed by atoms with Crippen molar-refractivity contribution in [2.75, 3.05) is 32.5 Å². The van der Waals surface area contributed by atoms with E-state index in [-0.39, 0.29) is 47.3 Å². The fraction of sp³-hybridized carbons (Fsp3) is 0.286. The molecule has 2 N–H and O–H groups in total. The zero-order chi connectivity index (χ0) is 28.9. The largest absolute Gasteiger partial charge is 0.382 e. The first-order valence-electron chi connectivity index (χ1n) is 12.5. The number of H-pyrrole nitrogens is 1. The lowest BCUT2D eigenvalue weighted by molar-refractivity contribution is 0.0645. The first-order valence-corrected chi connectivity index (χ1v) is 12.5. The van der Waals surface area contributed by atoms with Gasteiger partial charge in [-0.1, -0.05) is 0 Å². The Morgan fingerprint density at radius 2 is 1.68 bits per heavy atom. The van der Waals surface area contributed by atoms with Crippen molar-refractivity contribution in [3.05, 3.63) is 91.9 Å². The molecule has 2 aliphatic rings. The van der Waals surface area contributed by atoms with Crippen molar-refractivity contribution in [2.45, 2.75) is 25.8 Å². The summed E-state index contributed by atoms with van der Waals surface area (Å²) in [4.78, 5) is 48.9. The Bertz CT molecular complexity index is 1620. The third-order valence-electron chi connectivity index (χ3n) is 6.92. The van der Waals surface area contributed by atoms with Crippen LogP contribution < -0.4 is 10.9 Å². The second-order valence-electron chi connectivity index (χ2n) is 10.1. The number of pyridine rings is 1. The third kappa shape index (κ3) is 4.79. The van der Waals surface area contributed by atoms with Gasteiger partial charge < -0.3 is 15.2 Å². The normalized spacial score (nSPS) is 15.0. The Hall–Kier alpha value is -4.32. The number of rotatable bonds is 8. The number of carbonyl (C=O) groups excluding carboxylic acids is 2. The van der Waals surface area contributed by atoms with Crippen molar-refractivity contribution in [2.24, 2.45) is 4.99 Å². The maximum absolute atomic E-state index is 14.2. The summed E-state index contributed by atoms with van der Waals surface area (Å²) in [5.41, 5.74) is 1.18. The van der Waals surface area contributed by atoms with Crippen LogP contribution in [0.2, 0.25) is 0 Å². The van der Waals surface area contributed by atoms with Crippen molar-refractivity contribution in [3.8, 4) is 0 Å². The van der Waals surface area contributed by atoms with Gasteiger partial charge in [-0.2, -0.15) is 0 Å². The Labute approximate surface area is 226 Å². The third-order valence-corrected chi connectivity index (χ3v) is 6.92. The number of halogens is 4. The number of benzene rings is 2. The van der Waals surface area contributed by atoms with Gasteiger partial charge in [-0.15, -0.1) is 0 Å². The van der Waals surface area contributed by atoms with Gasteiger partial charge >= 0.3 is 0 Å². The number of hydrogen-bond acceptors (Lipinski definition) is 6. The number of amides is 2. The first kappa shape index (κ1) is 27.3. The lowest BCUT2D eigenvalue weighted by Crippen LogP contribution is -2.35. The number of aromatic amines is 1. The molecule has 3 aromatic rings. The molecule has 0 bridgehead atoms. The Balaban J connectivity index is 1.42. The van der Waals surface area contributed by atoms with Crippen LogP contribution in [-0.2, 0) is 12.8 Å². The van der Waals surface area contributed by atoms with Crippen LogP contribution in [-0.4, -0.2) is 65.5 Å². The van der Waals surface area contributed by atoms with E-state index in [1.54, 1.807) is 19.1 Å². The van der Waals surface area contributed by atoms with E-state index in [1.165, 1.54) is 17.2 Å². The number of carbonyl (C=O) groups is 2. The van der Waals surface area contributed by atoms with Crippen LogP contribution in [0.4, 0.5) is 28.9 Å². The molecule has 1 atom stereocenters. The van der Waals surface area contributed by atoms with Gasteiger partial charge in [0.05, 0.1) is 33.8 Å². The summed E-state index contributed by atoms with van der Waals surface area (Å²) in [5, 5.41) is 2.99. The van der Waals surface area contributed by atoms with Crippen LogP contribution >= 0.6 is 0 Å². The summed E-state index contributed by atoms with van der Waals surface area (Å²) in [6.07, 6.45) is 1.16.